The van der Waals surface area contributed by atoms with Gasteiger partial charge in [0.1, 0.15) is 11.5 Å². The van der Waals surface area contributed by atoms with E-state index in [1.54, 1.807) is 16.0 Å². The van der Waals surface area contributed by atoms with E-state index < -0.39 is 0 Å². The predicted molar refractivity (Wildman–Crippen MR) is 108 cm³/mol. The zero-order valence-electron chi connectivity index (χ0n) is 15.4. The fourth-order valence-electron chi connectivity index (χ4n) is 4.12. The third kappa shape index (κ3) is 3.07. The van der Waals surface area contributed by atoms with Crippen molar-refractivity contribution in [2.24, 2.45) is 5.92 Å². The maximum Gasteiger partial charge on any atom is 0.255 e. The molecule has 0 unspecified atom stereocenters. The highest BCUT2D eigenvalue weighted by Gasteiger charge is 2.25. The average Bonchev–Trinajstić information content (AvgIpc) is 3.47. The van der Waals surface area contributed by atoms with Gasteiger partial charge < -0.3 is 5.32 Å². The van der Waals surface area contributed by atoms with E-state index in [9.17, 15) is 9.59 Å². The first kappa shape index (κ1) is 17.4. The topological polar surface area (TPSA) is 92.7 Å². The van der Waals surface area contributed by atoms with Crippen LogP contribution in [0.1, 0.15) is 43.4 Å². The van der Waals surface area contributed by atoms with Gasteiger partial charge in [0.15, 0.2) is 0 Å². The summed E-state index contributed by atoms with van der Waals surface area (Å²) in [4.78, 5) is 33.7. The standard InChI is InChI=1S/C20H21N5O2S/c26-18(12-5-1-2-6-12)22-17-11-15(16-9-4-10-28-16)24-25(17)20-21-14-8-3-7-13(14)19(27)23-20/h4,9-12H,1-3,5-8H2,(H,22,26)(H,21,23,27). The van der Waals surface area contributed by atoms with Crippen molar-refractivity contribution >= 4 is 23.1 Å². The summed E-state index contributed by atoms with van der Waals surface area (Å²) in [6, 6.07) is 5.80. The van der Waals surface area contributed by atoms with E-state index in [1.165, 1.54) is 0 Å². The lowest BCUT2D eigenvalue weighted by Crippen LogP contribution is -2.24. The first-order valence-corrected chi connectivity index (χ1v) is 10.6. The molecule has 3 aromatic heterocycles. The Bertz CT molecular complexity index is 1080. The van der Waals surface area contributed by atoms with Crippen molar-refractivity contribution < 1.29 is 4.79 Å². The first-order chi connectivity index (χ1) is 13.7. The van der Waals surface area contributed by atoms with E-state index in [2.05, 4.69) is 20.4 Å². The summed E-state index contributed by atoms with van der Waals surface area (Å²) in [7, 11) is 0. The molecule has 8 heteroatoms. The Balaban J connectivity index is 1.57. The van der Waals surface area contributed by atoms with Crippen LogP contribution >= 0.6 is 11.3 Å². The second-order valence-electron chi connectivity index (χ2n) is 7.44. The van der Waals surface area contributed by atoms with Crippen LogP contribution in [0, 0.1) is 5.92 Å². The number of aromatic amines is 1. The molecule has 1 amide bonds. The number of hydrogen-bond donors (Lipinski definition) is 2. The Labute approximate surface area is 165 Å². The minimum atomic E-state index is -0.112. The molecule has 0 atom stereocenters. The molecule has 0 radical (unpaired) electrons. The van der Waals surface area contributed by atoms with Crippen molar-refractivity contribution in [3.05, 3.63) is 45.2 Å². The average molecular weight is 395 g/mol. The summed E-state index contributed by atoms with van der Waals surface area (Å²) >= 11 is 1.58. The highest BCUT2D eigenvalue weighted by Crippen LogP contribution is 2.30. The van der Waals surface area contributed by atoms with Gasteiger partial charge in [0.05, 0.1) is 10.6 Å². The van der Waals surface area contributed by atoms with Gasteiger partial charge in [-0.15, -0.1) is 11.3 Å². The molecule has 3 aromatic rings. The quantitative estimate of drug-likeness (QED) is 0.709. The smallest absolute Gasteiger partial charge is 0.255 e. The molecule has 28 heavy (non-hydrogen) atoms. The third-order valence-corrected chi connectivity index (χ3v) is 6.48. The maximum absolute atomic E-state index is 12.7. The highest BCUT2D eigenvalue weighted by molar-refractivity contribution is 7.13. The number of amides is 1. The molecule has 0 aliphatic heterocycles. The molecule has 0 spiro atoms. The van der Waals surface area contributed by atoms with E-state index in [4.69, 9.17) is 0 Å². The van der Waals surface area contributed by atoms with Crippen molar-refractivity contribution in [2.75, 3.05) is 5.32 Å². The van der Waals surface area contributed by atoms with E-state index in [-0.39, 0.29) is 17.4 Å². The van der Waals surface area contributed by atoms with Crippen LogP contribution in [0.4, 0.5) is 5.82 Å². The van der Waals surface area contributed by atoms with Crippen molar-refractivity contribution in [3.8, 4) is 16.5 Å². The first-order valence-electron chi connectivity index (χ1n) is 9.76. The number of thiophene rings is 1. The summed E-state index contributed by atoms with van der Waals surface area (Å²) in [5.41, 5.74) is 2.24. The van der Waals surface area contributed by atoms with E-state index in [0.717, 1.165) is 66.8 Å². The number of nitrogens with one attached hydrogen (secondary N) is 2. The molecule has 1 saturated carbocycles. The third-order valence-electron chi connectivity index (χ3n) is 5.59. The SMILES string of the molecule is O=C(Nc1cc(-c2cccs2)nn1-c1nc2c(c(=O)[nH]1)CCC2)C1CCCC1. The molecule has 0 aromatic carbocycles. The molecule has 2 aliphatic rings. The lowest BCUT2D eigenvalue weighted by atomic mass is 10.1. The number of aromatic nitrogens is 4. The number of carbonyl (C=O) groups excluding carboxylic acids is 1. The van der Waals surface area contributed by atoms with Crippen LogP contribution in [0.2, 0.25) is 0 Å². The summed E-state index contributed by atoms with van der Waals surface area (Å²) in [6.07, 6.45) is 6.55. The van der Waals surface area contributed by atoms with Crippen LogP contribution in [-0.4, -0.2) is 25.7 Å². The zero-order valence-corrected chi connectivity index (χ0v) is 16.2. The Morgan fingerprint density at radius 3 is 2.89 bits per heavy atom. The molecular weight excluding hydrogens is 374 g/mol. The van der Waals surface area contributed by atoms with Crippen molar-refractivity contribution in [1.29, 1.82) is 0 Å². The summed E-state index contributed by atoms with van der Waals surface area (Å²) in [5, 5.41) is 9.66. The Kier molecular flexibility index (Phi) is 4.35. The van der Waals surface area contributed by atoms with Gasteiger partial charge in [0, 0.05) is 17.5 Å². The summed E-state index contributed by atoms with van der Waals surface area (Å²) in [6.45, 7) is 0. The van der Waals surface area contributed by atoms with E-state index in [0.29, 0.717) is 11.8 Å². The molecule has 3 heterocycles. The number of H-pyrrole nitrogens is 1. The number of aryl methyl sites for hydroxylation is 1. The van der Waals surface area contributed by atoms with Crippen LogP contribution in [0.5, 0.6) is 0 Å². The number of fused-ring (bicyclic) bond motifs is 1. The fourth-order valence-corrected chi connectivity index (χ4v) is 4.80. The predicted octanol–water partition coefficient (Wildman–Crippen LogP) is 3.30. The zero-order chi connectivity index (χ0) is 19.1. The van der Waals surface area contributed by atoms with Crippen molar-refractivity contribution in [3.63, 3.8) is 0 Å². The van der Waals surface area contributed by atoms with Gasteiger partial charge in [-0.3, -0.25) is 14.6 Å². The Morgan fingerprint density at radius 2 is 2.11 bits per heavy atom. The lowest BCUT2D eigenvalue weighted by molar-refractivity contribution is -0.119. The second kappa shape index (κ2) is 7.01. The number of rotatable bonds is 4. The minimum absolute atomic E-state index is 0.0138. The van der Waals surface area contributed by atoms with Gasteiger partial charge in [-0.05, 0) is 43.6 Å². The number of anilines is 1. The minimum Gasteiger partial charge on any atom is -0.310 e. The lowest BCUT2D eigenvalue weighted by Gasteiger charge is -2.12. The number of hydrogen-bond acceptors (Lipinski definition) is 5. The molecule has 1 fully saturated rings. The summed E-state index contributed by atoms with van der Waals surface area (Å²) < 4.78 is 1.56. The van der Waals surface area contributed by atoms with Crippen LogP contribution in [0.15, 0.2) is 28.4 Å². The molecule has 2 aliphatic carbocycles. The van der Waals surface area contributed by atoms with Crippen molar-refractivity contribution in [1.82, 2.24) is 19.7 Å². The van der Waals surface area contributed by atoms with Crippen LogP contribution in [0.25, 0.3) is 16.5 Å². The van der Waals surface area contributed by atoms with E-state index in [1.807, 2.05) is 23.6 Å². The number of carbonyl (C=O) groups is 1. The Hall–Kier alpha value is -2.74. The van der Waals surface area contributed by atoms with E-state index >= 15 is 0 Å². The molecule has 0 bridgehead atoms. The maximum atomic E-state index is 12.7. The normalized spacial score (nSPS) is 16.4. The van der Waals surface area contributed by atoms with Crippen LogP contribution in [-0.2, 0) is 17.6 Å². The van der Waals surface area contributed by atoms with Gasteiger partial charge in [0.25, 0.3) is 5.56 Å². The van der Waals surface area contributed by atoms with Gasteiger partial charge in [-0.25, -0.2) is 4.98 Å². The molecule has 0 saturated heterocycles. The number of nitrogens with zero attached hydrogens (tertiary/aromatic N) is 3. The Morgan fingerprint density at radius 1 is 1.25 bits per heavy atom. The van der Waals surface area contributed by atoms with Gasteiger partial charge in [-0.2, -0.15) is 9.78 Å². The monoisotopic (exact) mass is 395 g/mol. The van der Waals surface area contributed by atoms with Crippen molar-refractivity contribution in [2.45, 2.75) is 44.9 Å². The van der Waals surface area contributed by atoms with Crippen LogP contribution in [0.3, 0.4) is 0 Å². The molecule has 2 N–H and O–H groups in total. The molecule has 5 rings (SSSR count). The fraction of sp³-hybridized carbons (Fsp3) is 0.400. The molecule has 144 valence electrons. The highest BCUT2D eigenvalue weighted by atomic mass is 32.1. The van der Waals surface area contributed by atoms with Gasteiger partial charge in [-0.1, -0.05) is 18.9 Å². The van der Waals surface area contributed by atoms with Crippen LogP contribution < -0.4 is 10.9 Å². The summed E-state index contributed by atoms with van der Waals surface area (Å²) in [5.74, 6) is 0.956. The van der Waals surface area contributed by atoms with Gasteiger partial charge in [0.2, 0.25) is 11.9 Å². The second-order valence-corrected chi connectivity index (χ2v) is 8.39. The van der Waals surface area contributed by atoms with Gasteiger partial charge >= 0.3 is 0 Å². The molecular formula is C20H21N5O2S. The molecule has 7 nitrogen and oxygen atoms in total. The largest absolute Gasteiger partial charge is 0.310 e.